The second kappa shape index (κ2) is 9.22. The summed E-state index contributed by atoms with van der Waals surface area (Å²) in [7, 11) is 0. The molecule has 0 atom stereocenters. The van der Waals surface area contributed by atoms with Crippen molar-refractivity contribution in [2.24, 2.45) is 0 Å². The number of ether oxygens (including phenoxy) is 1. The third kappa shape index (κ3) is 4.64. The van der Waals surface area contributed by atoms with Crippen LogP contribution in [0.2, 0.25) is 0 Å². The van der Waals surface area contributed by atoms with Crippen molar-refractivity contribution in [1.29, 1.82) is 0 Å². The first-order chi connectivity index (χ1) is 15.7. The zero-order chi connectivity index (χ0) is 21.8. The van der Waals surface area contributed by atoms with E-state index in [9.17, 15) is 4.79 Å². The van der Waals surface area contributed by atoms with Crippen molar-refractivity contribution in [3.05, 3.63) is 78.4 Å². The van der Waals surface area contributed by atoms with Crippen molar-refractivity contribution >= 4 is 22.6 Å². The number of anilines is 1. The molecule has 5 rings (SSSR count). The summed E-state index contributed by atoms with van der Waals surface area (Å²) in [4.78, 5) is 14.0. The molecule has 4 aromatic rings. The normalized spacial score (nSPS) is 14.4. The van der Waals surface area contributed by atoms with Crippen molar-refractivity contribution in [3.8, 4) is 11.4 Å². The second-order valence-electron chi connectivity index (χ2n) is 8.27. The van der Waals surface area contributed by atoms with Gasteiger partial charge in [0, 0.05) is 5.69 Å². The summed E-state index contributed by atoms with van der Waals surface area (Å²) in [5.41, 5.74) is 4.40. The lowest BCUT2D eigenvalue weighted by Crippen LogP contribution is -2.20. The van der Waals surface area contributed by atoms with Crippen LogP contribution < -0.4 is 10.1 Å². The number of amides is 1. The SMILES string of the molecule is O=C(COc1ccc(C2CCCCC2)cc1)Nc1ccc2nn(-c3ccccc3)nc2c1. The fourth-order valence-corrected chi connectivity index (χ4v) is 4.29. The smallest absolute Gasteiger partial charge is 0.262 e. The molecule has 0 saturated heterocycles. The van der Waals surface area contributed by atoms with Crippen LogP contribution in [0.5, 0.6) is 5.75 Å². The Labute approximate surface area is 187 Å². The van der Waals surface area contributed by atoms with Gasteiger partial charge in [-0.25, -0.2) is 0 Å². The molecule has 1 aliphatic rings. The van der Waals surface area contributed by atoms with E-state index >= 15 is 0 Å². The Morgan fingerprint density at radius 1 is 0.906 bits per heavy atom. The molecule has 3 aromatic carbocycles. The Morgan fingerprint density at radius 2 is 1.66 bits per heavy atom. The van der Waals surface area contributed by atoms with Crippen LogP contribution >= 0.6 is 0 Å². The maximum atomic E-state index is 12.4. The number of hydrogen-bond donors (Lipinski definition) is 1. The van der Waals surface area contributed by atoms with Crippen LogP contribution in [0.4, 0.5) is 5.69 Å². The molecule has 1 aliphatic carbocycles. The third-order valence-corrected chi connectivity index (χ3v) is 5.98. The number of para-hydroxylation sites is 1. The fraction of sp³-hybridized carbons (Fsp3) is 0.269. The van der Waals surface area contributed by atoms with Crippen molar-refractivity contribution in [1.82, 2.24) is 15.0 Å². The highest BCUT2D eigenvalue weighted by atomic mass is 16.5. The van der Waals surface area contributed by atoms with E-state index in [0.29, 0.717) is 22.9 Å². The fourth-order valence-electron chi connectivity index (χ4n) is 4.29. The summed E-state index contributed by atoms with van der Waals surface area (Å²) < 4.78 is 5.69. The summed E-state index contributed by atoms with van der Waals surface area (Å²) in [6.07, 6.45) is 6.53. The molecule has 0 aliphatic heterocycles. The van der Waals surface area contributed by atoms with E-state index in [0.717, 1.165) is 11.2 Å². The lowest BCUT2D eigenvalue weighted by molar-refractivity contribution is -0.118. The van der Waals surface area contributed by atoms with Gasteiger partial charge in [0.05, 0.1) is 5.69 Å². The molecule has 0 unspecified atom stereocenters. The topological polar surface area (TPSA) is 69.0 Å². The van der Waals surface area contributed by atoms with Crippen molar-refractivity contribution in [2.75, 3.05) is 11.9 Å². The Bertz CT molecular complexity index is 1200. The van der Waals surface area contributed by atoms with E-state index in [-0.39, 0.29) is 12.5 Å². The van der Waals surface area contributed by atoms with Crippen LogP contribution in [-0.4, -0.2) is 27.5 Å². The van der Waals surface area contributed by atoms with Gasteiger partial charge in [-0.1, -0.05) is 49.6 Å². The monoisotopic (exact) mass is 426 g/mol. The van der Waals surface area contributed by atoms with Crippen LogP contribution in [0.3, 0.4) is 0 Å². The van der Waals surface area contributed by atoms with E-state index in [2.05, 4.69) is 27.6 Å². The van der Waals surface area contributed by atoms with Gasteiger partial charge in [0.25, 0.3) is 5.91 Å². The molecule has 1 aromatic heterocycles. The van der Waals surface area contributed by atoms with Crippen molar-refractivity contribution in [2.45, 2.75) is 38.0 Å². The minimum absolute atomic E-state index is 0.0441. The number of rotatable bonds is 6. The number of carbonyl (C=O) groups excluding carboxylic acids is 1. The zero-order valence-electron chi connectivity index (χ0n) is 17.9. The maximum Gasteiger partial charge on any atom is 0.262 e. The Kier molecular flexibility index (Phi) is 5.83. The van der Waals surface area contributed by atoms with Gasteiger partial charge in [-0.15, -0.1) is 10.2 Å². The molecule has 1 fully saturated rings. The van der Waals surface area contributed by atoms with Crippen LogP contribution in [0.15, 0.2) is 72.8 Å². The van der Waals surface area contributed by atoms with Gasteiger partial charge in [0.2, 0.25) is 0 Å². The van der Waals surface area contributed by atoms with Crippen molar-refractivity contribution in [3.63, 3.8) is 0 Å². The average molecular weight is 427 g/mol. The predicted molar refractivity (Wildman–Crippen MR) is 125 cm³/mol. The molecular weight excluding hydrogens is 400 g/mol. The molecule has 1 N–H and O–H groups in total. The Morgan fingerprint density at radius 3 is 2.44 bits per heavy atom. The first-order valence-corrected chi connectivity index (χ1v) is 11.2. The number of nitrogens with zero attached hydrogens (tertiary/aromatic N) is 3. The van der Waals surface area contributed by atoms with Crippen LogP contribution in [0, 0.1) is 0 Å². The molecule has 1 heterocycles. The molecule has 6 heteroatoms. The standard InChI is InChI=1S/C26H26N4O2/c31-26(18-32-23-14-11-20(12-15-23)19-7-3-1-4-8-19)27-21-13-16-24-25(17-21)29-30(28-24)22-9-5-2-6-10-22/h2,5-6,9-17,19H,1,3-4,7-8,18H2,(H,27,31). The van der Waals surface area contributed by atoms with E-state index in [1.54, 1.807) is 4.80 Å². The highest BCUT2D eigenvalue weighted by molar-refractivity contribution is 5.93. The lowest BCUT2D eigenvalue weighted by atomic mass is 9.84. The minimum Gasteiger partial charge on any atom is -0.484 e. The van der Waals surface area contributed by atoms with Crippen LogP contribution in [0.1, 0.15) is 43.6 Å². The minimum atomic E-state index is -0.212. The molecule has 0 radical (unpaired) electrons. The average Bonchev–Trinajstić information content (AvgIpc) is 3.28. The predicted octanol–water partition coefficient (Wildman–Crippen LogP) is 5.49. The van der Waals surface area contributed by atoms with E-state index in [1.807, 2.05) is 60.7 Å². The van der Waals surface area contributed by atoms with Crippen molar-refractivity contribution < 1.29 is 9.53 Å². The molecule has 0 spiro atoms. The molecule has 1 saturated carbocycles. The maximum absolute atomic E-state index is 12.4. The molecular formula is C26H26N4O2. The number of carbonyl (C=O) groups is 1. The first-order valence-electron chi connectivity index (χ1n) is 11.2. The zero-order valence-corrected chi connectivity index (χ0v) is 17.9. The summed E-state index contributed by atoms with van der Waals surface area (Å²) in [6.45, 7) is -0.0441. The van der Waals surface area contributed by atoms with E-state index in [1.165, 1.54) is 37.7 Å². The second-order valence-corrected chi connectivity index (χ2v) is 8.27. The number of aromatic nitrogens is 3. The molecule has 32 heavy (non-hydrogen) atoms. The number of nitrogens with one attached hydrogen (secondary N) is 1. The van der Waals surface area contributed by atoms with Gasteiger partial charge in [-0.2, -0.15) is 4.80 Å². The number of benzene rings is 3. The first kappa shape index (κ1) is 20.2. The number of hydrogen-bond acceptors (Lipinski definition) is 4. The van der Waals surface area contributed by atoms with Gasteiger partial charge in [-0.3, -0.25) is 4.79 Å². The molecule has 0 bridgehead atoms. The molecule has 162 valence electrons. The van der Waals surface area contributed by atoms with Gasteiger partial charge in [-0.05, 0) is 66.8 Å². The largest absolute Gasteiger partial charge is 0.484 e. The lowest BCUT2D eigenvalue weighted by Gasteiger charge is -2.22. The summed E-state index contributed by atoms with van der Waals surface area (Å²) in [5, 5.41) is 11.9. The molecule has 1 amide bonds. The van der Waals surface area contributed by atoms with E-state index < -0.39 is 0 Å². The third-order valence-electron chi connectivity index (χ3n) is 5.98. The van der Waals surface area contributed by atoms with Gasteiger partial charge in [0.15, 0.2) is 6.61 Å². The summed E-state index contributed by atoms with van der Waals surface area (Å²) in [5.74, 6) is 1.16. The summed E-state index contributed by atoms with van der Waals surface area (Å²) >= 11 is 0. The van der Waals surface area contributed by atoms with Gasteiger partial charge >= 0.3 is 0 Å². The van der Waals surface area contributed by atoms with E-state index in [4.69, 9.17) is 4.74 Å². The Hall–Kier alpha value is -3.67. The molecule has 6 nitrogen and oxygen atoms in total. The summed E-state index contributed by atoms with van der Waals surface area (Å²) in [6, 6.07) is 23.4. The highest BCUT2D eigenvalue weighted by Crippen LogP contribution is 2.33. The number of fused-ring (bicyclic) bond motifs is 1. The quantitative estimate of drug-likeness (QED) is 0.443. The van der Waals surface area contributed by atoms with Crippen LogP contribution in [-0.2, 0) is 4.79 Å². The Balaban J connectivity index is 1.18. The van der Waals surface area contributed by atoms with Crippen LogP contribution in [0.25, 0.3) is 16.7 Å². The van der Waals surface area contributed by atoms with Gasteiger partial charge in [0.1, 0.15) is 16.8 Å². The highest BCUT2D eigenvalue weighted by Gasteiger charge is 2.15. The van der Waals surface area contributed by atoms with Gasteiger partial charge < -0.3 is 10.1 Å².